The monoisotopic (exact) mass is 291 g/mol. The molecule has 1 aliphatic rings. The molecule has 2 rings (SSSR count). The molecule has 2 atom stereocenters. The zero-order valence-corrected chi connectivity index (χ0v) is 12.6. The number of hydrogen-bond donors (Lipinski definition) is 1. The lowest BCUT2D eigenvalue weighted by Gasteiger charge is -2.40. The fraction of sp³-hybridized carbons (Fsp3) is 0.500. The molecular weight excluding hydrogens is 270 g/mol. The van der Waals surface area contributed by atoms with Gasteiger partial charge in [0, 0.05) is 31.3 Å². The van der Waals surface area contributed by atoms with Crippen molar-refractivity contribution in [2.24, 2.45) is 5.41 Å². The minimum absolute atomic E-state index is 0.0540. The molecule has 0 fully saturated rings. The first-order chi connectivity index (χ1) is 10.0. The van der Waals surface area contributed by atoms with E-state index in [1.165, 1.54) is 6.92 Å². The second-order valence-electron chi connectivity index (χ2n) is 5.44. The molecule has 5 nitrogen and oxygen atoms in total. The normalized spacial score (nSPS) is 23.9. The summed E-state index contributed by atoms with van der Waals surface area (Å²) in [6, 6.07) is 5.37. The van der Waals surface area contributed by atoms with Crippen molar-refractivity contribution in [3.05, 3.63) is 23.8 Å². The molecule has 0 saturated carbocycles. The average Bonchev–Trinajstić information content (AvgIpc) is 2.45. The molecule has 0 bridgehead atoms. The maximum absolute atomic E-state index is 11.6. The third kappa shape index (κ3) is 3.24. The van der Waals surface area contributed by atoms with E-state index in [9.17, 15) is 9.59 Å². The van der Waals surface area contributed by atoms with Gasteiger partial charge in [-0.2, -0.15) is 0 Å². The third-order valence-electron chi connectivity index (χ3n) is 3.91. The van der Waals surface area contributed by atoms with E-state index in [2.05, 4.69) is 5.32 Å². The number of hydrogen-bond acceptors (Lipinski definition) is 5. The maximum atomic E-state index is 11.6. The number of ether oxygens (including phenoxy) is 2. The molecule has 1 aromatic carbocycles. The van der Waals surface area contributed by atoms with Crippen LogP contribution in [-0.2, 0) is 20.7 Å². The molecule has 2 unspecified atom stereocenters. The summed E-state index contributed by atoms with van der Waals surface area (Å²) in [7, 11) is 0. The molecule has 1 N–H and O–H groups in total. The molecule has 0 aromatic heterocycles. The van der Waals surface area contributed by atoms with Crippen molar-refractivity contribution in [2.75, 3.05) is 18.5 Å². The Kier molecular flexibility index (Phi) is 4.63. The minimum atomic E-state index is -0.564. The molecule has 0 aliphatic carbocycles. The maximum Gasteiger partial charge on any atom is 0.308 e. The highest BCUT2D eigenvalue weighted by Crippen LogP contribution is 2.37. The molecule has 1 aromatic rings. The fourth-order valence-corrected chi connectivity index (χ4v) is 2.60. The van der Waals surface area contributed by atoms with E-state index in [-0.39, 0.29) is 12.0 Å². The van der Waals surface area contributed by atoms with Gasteiger partial charge in [-0.25, -0.2) is 0 Å². The molecule has 21 heavy (non-hydrogen) atoms. The van der Waals surface area contributed by atoms with Crippen LogP contribution in [0.5, 0.6) is 5.75 Å². The predicted molar refractivity (Wildman–Crippen MR) is 79.5 cm³/mol. The lowest BCUT2D eigenvalue weighted by atomic mass is 9.74. The number of rotatable bonds is 5. The highest BCUT2D eigenvalue weighted by atomic mass is 16.5. The predicted octanol–water partition coefficient (Wildman–Crippen LogP) is 2.19. The van der Waals surface area contributed by atoms with Crippen molar-refractivity contribution in [1.82, 2.24) is 0 Å². The molecule has 1 heterocycles. The van der Waals surface area contributed by atoms with Crippen molar-refractivity contribution in [1.29, 1.82) is 0 Å². The lowest BCUT2D eigenvalue weighted by molar-refractivity contribution is -0.131. The zero-order chi connectivity index (χ0) is 15.5. The minimum Gasteiger partial charge on any atom is -0.427 e. The van der Waals surface area contributed by atoms with E-state index in [1.807, 2.05) is 19.9 Å². The molecule has 0 amide bonds. The molecule has 114 valence electrons. The quantitative estimate of drug-likeness (QED) is 0.512. The number of esters is 1. The lowest BCUT2D eigenvalue weighted by Crippen LogP contribution is -2.48. The van der Waals surface area contributed by atoms with Crippen LogP contribution in [0.1, 0.15) is 26.3 Å². The highest BCUT2D eigenvalue weighted by molar-refractivity contribution is 5.72. The van der Waals surface area contributed by atoms with Crippen molar-refractivity contribution < 1.29 is 19.1 Å². The first-order valence-electron chi connectivity index (χ1n) is 7.12. The van der Waals surface area contributed by atoms with Crippen molar-refractivity contribution in [3.8, 4) is 5.75 Å². The molecule has 5 heteroatoms. The molecule has 1 aliphatic heterocycles. The van der Waals surface area contributed by atoms with Crippen molar-refractivity contribution in [3.63, 3.8) is 0 Å². The van der Waals surface area contributed by atoms with Crippen LogP contribution in [-0.4, -0.2) is 31.5 Å². The van der Waals surface area contributed by atoms with Crippen LogP contribution in [0.25, 0.3) is 0 Å². The molecular formula is C16H21NO4. The van der Waals surface area contributed by atoms with E-state index < -0.39 is 5.41 Å². The number of carbonyl (C=O) groups is 2. The Bertz CT molecular complexity index is 543. The van der Waals surface area contributed by atoms with Crippen LogP contribution in [0.3, 0.4) is 0 Å². The van der Waals surface area contributed by atoms with Gasteiger partial charge in [0.05, 0.1) is 12.0 Å². The molecule has 0 spiro atoms. The van der Waals surface area contributed by atoms with Gasteiger partial charge >= 0.3 is 5.97 Å². The largest absolute Gasteiger partial charge is 0.427 e. The molecule has 0 saturated heterocycles. The Balaban J connectivity index is 2.26. The summed E-state index contributed by atoms with van der Waals surface area (Å²) >= 11 is 0. The van der Waals surface area contributed by atoms with Gasteiger partial charge in [0.25, 0.3) is 0 Å². The van der Waals surface area contributed by atoms with Crippen LogP contribution in [0.15, 0.2) is 18.2 Å². The van der Waals surface area contributed by atoms with Crippen LogP contribution in [0.2, 0.25) is 0 Å². The van der Waals surface area contributed by atoms with E-state index in [4.69, 9.17) is 9.47 Å². The standard InChI is InChI=1S/C16H21NO4/c1-4-20-10-16(9-18)8-13-5-6-14(21-12(3)19)7-15(13)17-11(16)2/h5-7,9,11,17H,4,8,10H2,1-3H3. The van der Waals surface area contributed by atoms with Gasteiger partial charge in [0.15, 0.2) is 0 Å². The summed E-state index contributed by atoms with van der Waals surface area (Å²) in [6.45, 7) is 6.23. The summed E-state index contributed by atoms with van der Waals surface area (Å²) < 4.78 is 10.6. The van der Waals surface area contributed by atoms with E-state index in [0.717, 1.165) is 17.5 Å². The second kappa shape index (κ2) is 6.26. The summed E-state index contributed by atoms with van der Waals surface area (Å²) in [5.41, 5.74) is 1.36. The number of nitrogens with one attached hydrogen (secondary N) is 1. The van der Waals surface area contributed by atoms with Gasteiger partial charge in [-0.15, -0.1) is 0 Å². The fourth-order valence-electron chi connectivity index (χ4n) is 2.60. The smallest absolute Gasteiger partial charge is 0.308 e. The summed E-state index contributed by atoms with van der Waals surface area (Å²) in [5, 5.41) is 3.32. The third-order valence-corrected chi connectivity index (χ3v) is 3.91. The number of aldehydes is 1. The van der Waals surface area contributed by atoms with Crippen molar-refractivity contribution >= 4 is 17.9 Å². The SMILES string of the molecule is CCOCC1(C=O)Cc2ccc(OC(C)=O)cc2NC1C. The number of carbonyl (C=O) groups excluding carboxylic acids is 2. The van der Waals surface area contributed by atoms with Gasteiger partial charge in [-0.05, 0) is 31.9 Å². The zero-order valence-electron chi connectivity index (χ0n) is 12.6. The first-order valence-corrected chi connectivity index (χ1v) is 7.12. The van der Waals surface area contributed by atoms with Crippen LogP contribution >= 0.6 is 0 Å². The second-order valence-corrected chi connectivity index (χ2v) is 5.44. The average molecular weight is 291 g/mol. The van der Waals surface area contributed by atoms with Gasteiger partial charge in [0.1, 0.15) is 12.0 Å². The van der Waals surface area contributed by atoms with E-state index in [1.54, 1.807) is 12.1 Å². The van der Waals surface area contributed by atoms with Crippen molar-refractivity contribution in [2.45, 2.75) is 33.2 Å². The Morgan fingerprint density at radius 1 is 1.52 bits per heavy atom. The number of anilines is 1. The Morgan fingerprint density at radius 3 is 2.90 bits per heavy atom. The highest BCUT2D eigenvalue weighted by Gasteiger charge is 2.40. The van der Waals surface area contributed by atoms with Gasteiger partial charge in [-0.3, -0.25) is 4.79 Å². The summed E-state index contributed by atoms with van der Waals surface area (Å²) in [5.74, 6) is 0.154. The Labute approximate surface area is 124 Å². The first kappa shape index (κ1) is 15.5. The van der Waals surface area contributed by atoms with Crippen LogP contribution in [0.4, 0.5) is 5.69 Å². The number of benzene rings is 1. The topological polar surface area (TPSA) is 64.6 Å². The van der Waals surface area contributed by atoms with Gasteiger partial charge in [0.2, 0.25) is 0 Å². The van der Waals surface area contributed by atoms with Gasteiger partial charge in [-0.1, -0.05) is 6.07 Å². The summed E-state index contributed by atoms with van der Waals surface area (Å²) in [6.07, 6.45) is 1.60. The Hall–Kier alpha value is -1.88. The van der Waals surface area contributed by atoms with Crippen LogP contribution in [0, 0.1) is 5.41 Å². The van der Waals surface area contributed by atoms with Gasteiger partial charge < -0.3 is 19.6 Å². The van der Waals surface area contributed by atoms with Crippen LogP contribution < -0.4 is 10.1 Å². The molecule has 0 radical (unpaired) electrons. The van der Waals surface area contributed by atoms with E-state index in [0.29, 0.717) is 25.4 Å². The number of fused-ring (bicyclic) bond motifs is 1. The Morgan fingerprint density at radius 2 is 2.29 bits per heavy atom. The summed E-state index contributed by atoms with van der Waals surface area (Å²) in [4.78, 5) is 22.6. The van der Waals surface area contributed by atoms with E-state index >= 15 is 0 Å².